The molecule has 5 nitrogen and oxygen atoms in total. The molecular weight excluding hydrogens is 316 g/mol. The minimum atomic E-state index is -0.0887. The smallest absolute Gasteiger partial charge is 0.169 e. The third-order valence-electron chi connectivity index (χ3n) is 4.73. The maximum atomic E-state index is 6.05. The second kappa shape index (κ2) is 7.44. The fourth-order valence-electron chi connectivity index (χ4n) is 3.29. The molecule has 2 aromatic carbocycles. The Balaban J connectivity index is 1.54. The summed E-state index contributed by atoms with van der Waals surface area (Å²) in [5, 5.41) is 0. The van der Waals surface area contributed by atoms with E-state index in [0.29, 0.717) is 13.2 Å². The molecular formula is C20H24N2O3. The Labute approximate surface area is 148 Å². The predicted molar refractivity (Wildman–Crippen MR) is 96.9 cm³/mol. The molecule has 2 aliphatic heterocycles. The molecule has 2 aliphatic rings. The third kappa shape index (κ3) is 3.63. The van der Waals surface area contributed by atoms with Crippen LogP contribution in [-0.4, -0.2) is 50.5 Å². The first kappa shape index (κ1) is 16.4. The van der Waals surface area contributed by atoms with Crippen LogP contribution in [0, 0.1) is 0 Å². The molecule has 2 heterocycles. The van der Waals surface area contributed by atoms with E-state index in [1.807, 2.05) is 12.1 Å². The van der Waals surface area contributed by atoms with E-state index in [1.165, 1.54) is 5.56 Å². The fourth-order valence-corrected chi connectivity index (χ4v) is 3.29. The van der Waals surface area contributed by atoms with E-state index in [4.69, 9.17) is 19.9 Å². The van der Waals surface area contributed by atoms with Crippen LogP contribution in [0.5, 0.6) is 11.5 Å². The van der Waals surface area contributed by atoms with Gasteiger partial charge in [0.25, 0.3) is 0 Å². The van der Waals surface area contributed by atoms with Gasteiger partial charge < -0.3 is 19.9 Å². The Kier molecular flexibility index (Phi) is 4.88. The zero-order valence-corrected chi connectivity index (χ0v) is 14.3. The van der Waals surface area contributed by atoms with E-state index >= 15 is 0 Å². The number of rotatable bonds is 4. The first-order chi connectivity index (χ1) is 12.3. The molecule has 0 radical (unpaired) electrons. The zero-order chi connectivity index (χ0) is 17.1. The second-order valence-corrected chi connectivity index (χ2v) is 6.50. The molecule has 2 N–H and O–H groups in total. The summed E-state index contributed by atoms with van der Waals surface area (Å²) in [6.07, 6.45) is -0.0887. The summed E-state index contributed by atoms with van der Waals surface area (Å²) in [5.41, 5.74) is 9.23. The summed E-state index contributed by atoms with van der Waals surface area (Å²) in [4.78, 5) is 2.42. The van der Waals surface area contributed by atoms with E-state index in [0.717, 1.165) is 55.5 Å². The highest BCUT2D eigenvalue weighted by Crippen LogP contribution is 2.40. The Morgan fingerprint density at radius 3 is 2.60 bits per heavy atom. The molecule has 1 unspecified atom stereocenters. The molecule has 1 saturated heterocycles. The van der Waals surface area contributed by atoms with Gasteiger partial charge in [0, 0.05) is 31.7 Å². The van der Waals surface area contributed by atoms with Crippen molar-refractivity contribution >= 4 is 0 Å². The van der Waals surface area contributed by atoms with Crippen molar-refractivity contribution in [1.29, 1.82) is 0 Å². The Morgan fingerprint density at radius 1 is 1.04 bits per heavy atom. The number of nitrogens with two attached hydrogens (primary N) is 1. The highest BCUT2D eigenvalue weighted by atomic mass is 16.6. The summed E-state index contributed by atoms with van der Waals surface area (Å²) in [6.45, 7) is 5.57. The molecule has 5 heteroatoms. The lowest BCUT2D eigenvalue weighted by Gasteiger charge is -2.28. The average Bonchev–Trinajstić information content (AvgIpc) is 2.68. The van der Waals surface area contributed by atoms with Crippen molar-refractivity contribution in [2.24, 2.45) is 5.73 Å². The van der Waals surface area contributed by atoms with E-state index in [-0.39, 0.29) is 6.10 Å². The number of morpholine rings is 1. The van der Waals surface area contributed by atoms with Crippen LogP contribution in [0.3, 0.4) is 0 Å². The van der Waals surface area contributed by atoms with Crippen molar-refractivity contribution in [3.8, 4) is 22.6 Å². The van der Waals surface area contributed by atoms with Gasteiger partial charge in [0.1, 0.15) is 12.7 Å². The molecule has 0 amide bonds. The van der Waals surface area contributed by atoms with Gasteiger partial charge in [0.15, 0.2) is 11.5 Å². The van der Waals surface area contributed by atoms with Crippen LogP contribution >= 0.6 is 0 Å². The summed E-state index contributed by atoms with van der Waals surface area (Å²) in [5.74, 6) is 1.59. The molecule has 0 spiro atoms. The summed E-state index contributed by atoms with van der Waals surface area (Å²) < 4.78 is 17.2. The summed E-state index contributed by atoms with van der Waals surface area (Å²) in [6, 6.07) is 14.7. The van der Waals surface area contributed by atoms with Gasteiger partial charge in [0.05, 0.1) is 13.2 Å². The van der Waals surface area contributed by atoms with Gasteiger partial charge in [-0.05, 0) is 17.2 Å². The van der Waals surface area contributed by atoms with Crippen LogP contribution in [0.2, 0.25) is 0 Å². The highest BCUT2D eigenvalue weighted by Gasteiger charge is 2.23. The first-order valence-corrected chi connectivity index (χ1v) is 8.85. The average molecular weight is 340 g/mol. The van der Waals surface area contributed by atoms with E-state index in [2.05, 4.69) is 35.2 Å². The predicted octanol–water partition coefficient (Wildman–Crippen LogP) is 2.28. The minimum absolute atomic E-state index is 0.0887. The fraction of sp³-hybridized carbons (Fsp3) is 0.400. The largest absolute Gasteiger partial charge is 0.486 e. The van der Waals surface area contributed by atoms with Crippen LogP contribution in [0.25, 0.3) is 11.1 Å². The van der Waals surface area contributed by atoms with Gasteiger partial charge in [-0.25, -0.2) is 0 Å². The molecule has 0 aliphatic carbocycles. The Hall–Kier alpha value is -2.08. The lowest BCUT2D eigenvalue weighted by atomic mass is 10.0. The van der Waals surface area contributed by atoms with Crippen molar-refractivity contribution in [3.63, 3.8) is 0 Å². The molecule has 0 aromatic heterocycles. The van der Waals surface area contributed by atoms with Gasteiger partial charge >= 0.3 is 0 Å². The third-order valence-corrected chi connectivity index (χ3v) is 4.73. The standard InChI is InChI=1S/C20H24N2O3/c21-12-17-14-24-19-3-1-2-18(20(19)25-17)16-6-4-15(5-7-16)13-22-8-10-23-11-9-22/h1-7,17H,8-14,21H2. The van der Waals surface area contributed by atoms with E-state index < -0.39 is 0 Å². The van der Waals surface area contributed by atoms with Crippen LogP contribution in [0.15, 0.2) is 42.5 Å². The SMILES string of the molecule is NCC1COc2cccc(-c3ccc(CN4CCOCC4)cc3)c2O1. The van der Waals surface area contributed by atoms with Gasteiger partial charge in [-0.15, -0.1) is 0 Å². The van der Waals surface area contributed by atoms with Crippen molar-refractivity contribution in [2.75, 3.05) is 39.5 Å². The highest BCUT2D eigenvalue weighted by molar-refractivity contribution is 5.74. The van der Waals surface area contributed by atoms with Crippen LogP contribution in [-0.2, 0) is 11.3 Å². The van der Waals surface area contributed by atoms with Gasteiger partial charge in [-0.2, -0.15) is 0 Å². The van der Waals surface area contributed by atoms with Crippen molar-refractivity contribution in [1.82, 2.24) is 4.90 Å². The molecule has 2 aromatic rings. The summed E-state index contributed by atoms with van der Waals surface area (Å²) >= 11 is 0. The molecule has 0 bridgehead atoms. The maximum Gasteiger partial charge on any atom is 0.169 e. The number of hydrogen-bond donors (Lipinski definition) is 1. The molecule has 1 atom stereocenters. The van der Waals surface area contributed by atoms with Crippen molar-refractivity contribution in [3.05, 3.63) is 48.0 Å². The quantitative estimate of drug-likeness (QED) is 0.925. The van der Waals surface area contributed by atoms with E-state index in [1.54, 1.807) is 0 Å². The van der Waals surface area contributed by atoms with Gasteiger partial charge in [-0.3, -0.25) is 4.90 Å². The number of fused-ring (bicyclic) bond motifs is 1. The molecule has 132 valence electrons. The number of ether oxygens (including phenoxy) is 3. The number of hydrogen-bond acceptors (Lipinski definition) is 5. The minimum Gasteiger partial charge on any atom is -0.486 e. The van der Waals surface area contributed by atoms with Crippen LogP contribution in [0.1, 0.15) is 5.56 Å². The Bertz CT molecular complexity index is 711. The van der Waals surface area contributed by atoms with E-state index in [9.17, 15) is 0 Å². The topological polar surface area (TPSA) is 57.0 Å². The Morgan fingerprint density at radius 2 is 1.84 bits per heavy atom. The summed E-state index contributed by atoms with van der Waals surface area (Å²) in [7, 11) is 0. The number of para-hydroxylation sites is 1. The first-order valence-electron chi connectivity index (χ1n) is 8.85. The van der Waals surface area contributed by atoms with Gasteiger partial charge in [0.2, 0.25) is 0 Å². The maximum absolute atomic E-state index is 6.05. The van der Waals surface area contributed by atoms with Gasteiger partial charge in [-0.1, -0.05) is 36.4 Å². The monoisotopic (exact) mass is 340 g/mol. The lowest BCUT2D eigenvalue weighted by Crippen LogP contribution is -2.35. The number of benzene rings is 2. The van der Waals surface area contributed by atoms with Crippen molar-refractivity contribution in [2.45, 2.75) is 12.6 Å². The number of nitrogens with zero attached hydrogens (tertiary/aromatic N) is 1. The van der Waals surface area contributed by atoms with Crippen LogP contribution in [0.4, 0.5) is 0 Å². The van der Waals surface area contributed by atoms with Crippen molar-refractivity contribution < 1.29 is 14.2 Å². The molecule has 4 rings (SSSR count). The van der Waals surface area contributed by atoms with Crippen LogP contribution < -0.4 is 15.2 Å². The zero-order valence-electron chi connectivity index (χ0n) is 14.3. The lowest BCUT2D eigenvalue weighted by molar-refractivity contribution is 0.0342. The second-order valence-electron chi connectivity index (χ2n) is 6.50. The molecule has 1 fully saturated rings. The normalized spacial score (nSPS) is 20.4. The molecule has 0 saturated carbocycles. The molecule has 25 heavy (non-hydrogen) atoms.